The van der Waals surface area contributed by atoms with Gasteiger partial charge < -0.3 is 15.5 Å². The molecular weight excluding hydrogens is 266 g/mol. The van der Waals surface area contributed by atoms with Crippen LogP contribution in [0.4, 0.5) is 5.69 Å². The molecule has 4 heteroatoms. The van der Waals surface area contributed by atoms with Crippen molar-refractivity contribution in [1.82, 2.24) is 0 Å². The average molecular weight is 279 g/mol. The van der Waals surface area contributed by atoms with Crippen molar-refractivity contribution in [2.45, 2.75) is 0 Å². The number of amides is 1. The number of fused-ring (bicyclic) bond motifs is 1. The van der Waals surface area contributed by atoms with Gasteiger partial charge >= 0.3 is 0 Å². The summed E-state index contributed by atoms with van der Waals surface area (Å²) in [4.78, 5) is 12.3. The quantitative estimate of drug-likeness (QED) is 0.672. The van der Waals surface area contributed by atoms with Crippen LogP contribution in [0.25, 0.3) is 10.8 Å². The molecule has 0 aliphatic heterocycles. The van der Waals surface area contributed by atoms with Gasteiger partial charge in [0.15, 0.2) is 0 Å². The van der Waals surface area contributed by atoms with E-state index in [1.807, 2.05) is 36.4 Å². The Morgan fingerprint density at radius 1 is 0.810 bits per heavy atom. The highest BCUT2D eigenvalue weighted by atomic mass is 16.3. The summed E-state index contributed by atoms with van der Waals surface area (Å²) in [6.45, 7) is 0. The zero-order valence-electron chi connectivity index (χ0n) is 11.1. The van der Waals surface area contributed by atoms with E-state index in [0.717, 1.165) is 10.8 Å². The monoisotopic (exact) mass is 279 g/mol. The van der Waals surface area contributed by atoms with E-state index in [-0.39, 0.29) is 17.1 Å². The molecule has 3 aromatic carbocycles. The van der Waals surface area contributed by atoms with Crippen molar-refractivity contribution in [2.24, 2.45) is 0 Å². The fourth-order valence-electron chi connectivity index (χ4n) is 2.28. The Morgan fingerprint density at radius 2 is 1.43 bits per heavy atom. The highest BCUT2D eigenvalue weighted by molar-refractivity contribution is 6.11. The molecule has 0 unspecified atom stereocenters. The van der Waals surface area contributed by atoms with Gasteiger partial charge in [-0.15, -0.1) is 0 Å². The Bertz CT molecular complexity index is 802. The second-order valence-electron chi connectivity index (χ2n) is 4.65. The van der Waals surface area contributed by atoms with Crippen LogP contribution in [-0.4, -0.2) is 16.1 Å². The van der Waals surface area contributed by atoms with E-state index in [0.29, 0.717) is 5.69 Å². The van der Waals surface area contributed by atoms with Gasteiger partial charge in [0.1, 0.15) is 17.1 Å². The van der Waals surface area contributed by atoms with Gasteiger partial charge in [-0.1, -0.05) is 42.5 Å². The van der Waals surface area contributed by atoms with Crippen LogP contribution in [0.2, 0.25) is 0 Å². The van der Waals surface area contributed by atoms with Gasteiger partial charge in [-0.25, -0.2) is 0 Å². The molecule has 0 atom stereocenters. The van der Waals surface area contributed by atoms with Crippen LogP contribution in [0, 0.1) is 0 Å². The molecule has 0 spiro atoms. The Labute approximate surface area is 121 Å². The largest absolute Gasteiger partial charge is 0.507 e. The van der Waals surface area contributed by atoms with Crippen LogP contribution in [0.1, 0.15) is 10.4 Å². The van der Waals surface area contributed by atoms with E-state index in [1.54, 1.807) is 6.07 Å². The van der Waals surface area contributed by atoms with Crippen molar-refractivity contribution in [3.05, 3.63) is 66.2 Å². The third-order valence-electron chi connectivity index (χ3n) is 3.29. The average Bonchev–Trinajstić information content (AvgIpc) is 2.47. The summed E-state index contributed by atoms with van der Waals surface area (Å²) in [6.07, 6.45) is 0. The van der Waals surface area contributed by atoms with E-state index in [9.17, 15) is 15.0 Å². The fourth-order valence-corrected chi connectivity index (χ4v) is 2.28. The lowest BCUT2D eigenvalue weighted by molar-refractivity contribution is 0.102. The first-order valence-electron chi connectivity index (χ1n) is 6.47. The highest BCUT2D eigenvalue weighted by Gasteiger charge is 2.16. The molecule has 4 nitrogen and oxygen atoms in total. The van der Waals surface area contributed by atoms with Crippen LogP contribution in [0.15, 0.2) is 60.7 Å². The van der Waals surface area contributed by atoms with Gasteiger partial charge in [-0.05, 0) is 23.6 Å². The Balaban J connectivity index is 2.01. The number of phenols is 2. The van der Waals surface area contributed by atoms with E-state index in [1.165, 1.54) is 18.2 Å². The third-order valence-corrected chi connectivity index (χ3v) is 3.29. The zero-order chi connectivity index (χ0) is 14.8. The number of hydrogen-bond donors (Lipinski definition) is 3. The van der Waals surface area contributed by atoms with Crippen molar-refractivity contribution >= 4 is 22.4 Å². The molecular formula is C17H13NO3. The first kappa shape index (κ1) is 13.0. The number of aromatic hydroxyl groups is 2. The molecule has 0 saturated carbocycles. The van der Waals surface area contributed by atoms with E-state index >= 15 is 0 Å². The van der Waals surface area contributed by atoms with Crippen molar-refractivity contribution in [3.8, 4) is 11.5 Å². The maximum atomic E-state index is 12.3. The minimum atomic E-state index is -0.554. The molecule has 21 heavy (non-hydrogen) atoms. The molecule has 0 fully saturated rings. The predicted molar refractivity (Wildman–Crippen MR) is 81.7 cm³/mol. The summed E-state index contributed by atoms with van der Waals surface area (Å²) in [5.74, 6) is -1.07. The maximum Gasteiger partial charge on any atom is 0.263 e. The summed E-state index contributed by atoms with van der Waals surface area (Å²) in [6, 6.07) is 17.4. The lowest BCUT2D eigenvalue weighted by Gasteiger charge is -2.10. The summed E-state index contributed by atoms with van der Waals surface area (Å²) in [5, 5.41) is 24.1. The minimum absolute atomic E-state index is 0.134. The highest BCUT2D eigenvalue weighted by Crippen LogP contribution is 2.29. The fraction of sp³-hybridized carbons (Fsp3) is 0. The normalized spacial score (nSPS) is 10.5. The summed E-state index contributed by atoms with van der Waals surface area (Å²) < 4.78 is 0. The number of carbonyl (C=O) groups is 1. The van der Waals surface area contributed by atoms with Crippen LogP contribution in [0.5, 0.6) is 11.5 Å². The maximum absolute atomic E-state index is 12.3. The molecule has 0 aromatic heterocycles. The number of benzene rings is 3. The second-order valence-corrected chi connectivity index (χ2v) is 4.65. The number of hydrogen-bond acceptors (Lipinski definition) is 3. The lowest BCUT2D eigenvalue weighted by atomic mass is 10.1. The summed E-state index contributed by atoms with van der Waals surface area (Å²) >= 11 is 0. The Kier molecular flexibility index (Phi) is 3.20. The smallest absolute Gasteiger partial charge is 0.263 e. The standard InChI is InChI=1S/C17H13NO3/c19-14-9-4-10-15(20)16(14)17(21)18-13-8-3-6-11-5-1-2-7-12(11)13/h1-10,19-20H,(H,18,21). The van der Waals surface area contributed by atoms with E-state index in [4.69, 9.17) is 0 Å². The van der Waals surface area contributed by atoms with Crippen LogP contribution >= 0.6 is 0 Å². The van der Waals surface area contributed by atoms with Crippen LogP contribution in [0.3, 0.4) is 0 Å². The molecule has 0 heterocycles. The topological polar surface area (TPSA) is 69.6 Å². The molecule has 3 aromatic rings. The number of anilines is 1. The van der Waals surface area contributed by atoms with Gasteiger partial charge in [0.2, 0.25) is 0 Å². The van der Waals surface area contributed by atoms with Gasteiger partial charge in [0.25, 0.3) is 5.91 Å². The van der Waals surface area contributed by atoms with Gasteiger partial charge in [-0.2, -0.15) is 0 Å². The molecule has 0 bridgehead atoms. The van der Waals surface area contributed by atoms with E-state index in [2.05, 4.69) is 5.32 Å². The molecule has 0 aliphatic carbocycles. The molecule has 0 aliphatic rings. The molecule has 1 amide bonds. The predicted octanol–water partition coefficient (Wildman–Crippen LogP) is 3.50. The number of carbonyl (C=O) groups excluding carboxylic acids is 1. The summed E-state index contributed by atoms with van der Waals surface area (Å²) in [5.41, 5.74) is 0.492. The zero-order valence-corrected chi connectivity index (χ0v) is 11.1. The van der Waals surface area contributed by atoms with Gasteiger partial charge in [-0.3, -0.25) is 4.79 Å². The number of rotatable bonds is 2. The molecule has 3 N–H and O–H groups in total. The number of phenolic OH excluding ortho intramolecular Hbond substituents is 2. The first-order valence-corrected chi connectivity index (χ1v) is 6.47. The van der Waals surface area contributed by atoms with Crippen molar-refractivity contribution in [1.29, 1.82) is 0 Å². The molecule has 3 rings (SSSR count). The molecule has 0 radical (unpaired) electrons. The van der Waals surface area contributed by atoms with Crippen LogP contribution < -0.4 is 5.32 Å². The van der Waals surface area contributed by atoms with Crippen molar-refractivity contribution < 1.29 is 15.0 Å². The van der Waals surface area contributed by atoms with Crippen molar-refractivity contribution in [2.75, 3.05) is 5.32 Å². The minimum Gasteiger partial charge on any atom is -0.507 e. The first-order chi connectivity index (χ1) is 10.2. The number of nitrogens with one attached hydrogen (secondary N) is 1. The van der Waals surface area contributed by atoms with E-state index < -0.39 is 5.91 Å². The van der Waals surface area contributed by atoms with Crippen LogP contribution in [-0.2, 0) is 0 Å². The summed E-state index contributed by atoms with van der Waals surface area (Å²) in [7, 11) is 0. The van der Waals surface area contributed by atoms with Crippen molar-refractivity contribution in [3.63, 3.8) is 0 Å². The Hall–Kier alpha value is -3.01. The lowest BCUT2D eigenvalue weighted by Crippen LogP contribution is -2.12. The molecule has 104 valence electrons. The second kappa shape index (κ2) is 5.17. The molecule has 0 saturated heterocycles. The SMILES string of the molecule is O=C(Nc1cccc2ccccc12)c1c(O)cccc1O. The third kappa shape index (κ3) is 2.39. The van der Waals surface area contributed by atoms with Gasteiger partial charge in [0.05, 0.1) is 0 Å². The van der Waals surface area contributed by atoms with Gasteiger partial charge in [0, 0.05) is 11.1 Å². The Morgan fingerprint density at radius 3 is 2.19 bits per heavy atom.